The highest BCUT2D eigenvalue weighted by Gasteiger charge is 2.17. The van der Waals surface area contributed by atoms with Crippen LogP contribution in [-0.2, 0) is 3.07 Å². The molecule has 0 heterocycles. The first-order chi connectivity index (χ1) is 4.33. The van der Waals surface area contributed by atoms with Crippen LogP contribution >= 0.6 is 23.0 Å². The Bertz CT molecular complexity index is 81.1. The van der Waals surface area contributed by atoms with Crippen LogP contribution in [0.3, 0.4) is 0 Å². The van der Waals surface area contributed by atoms with Gasteiger partial charge in [-0.1, -0.05) is 0 Å². The van der Waals surface area contributed by atoms with Gasteiger partial charge in [-0.25, -0.2) is 0 Å². The lowest BCUT2D eigenvalue weighted by atomic mass is 9.94. The lowest BCUT2D eigenvalue weighted by Gasteiger charge is -2.23. The molecule has 0 aromatic rings. The van der Waals surface area contributed by atoms with Crippen LogP contribution in [-0.4, -0.2) is 12.1 Å². The van der Waals surface area contributed by atoms with E-state index in [1.165, 1.54) is 0 Å². The van der Waals surface area contributed by atoms with Gasteiger partial charge < -0.3 is 8.80 Å². The summed E-state index contributed by atoms with van der Waals surface area (Å²) in [6, 6.07) is 0.438. The van der Waals surface area contributed by atoms with Gasteiger partial charge in [-0.3, -0.25) is 0 Å². The molecular formula is C6H12INO. The first-order valence-corrected chi connectivity index (χ1v) is 4.24. The Morgan fingerprint density at radius 3 is 2.22 bits per heavy atom. The van der Waals surface area contributed by atoms with Gasteiger partial charge in [-0.2, -0.15) is 0 Å². The smallest absolute Gasteiger partial charge is 0.110 e. The standard InChI is InChI=1S/C6H12INO/c7-9-6-3-1-5(8)2-4-6/h5-6H,1-4,8H2. The Morgan fingerprint density at radius 2 is 1.78 bits per heavy atom. The van der Waals surface area contributed by atoms with Gasteiger partial charge in [-0.15, -0.1) is 0 Å². The number of rotatable bonds is 1. The minimum absolute atomic E-state index is 0.438. The summed E-state index contributed by atoms with van der Waals surface area (Å²) in [5.41, 5.74) is 5.69. The maximum absolute atomic E-state index is 5.69. The van der Waals surface area contributed by atoms with E-state index in [0.29, 0.717) is 12.1 Å². The van der Waals surface area contributed by atoms with Crippen LogP contribution in [0.25, 0.3) is 0 Å². The van der Waals surface area contributed by atoms with E-state index in [-0.39, 0.29) is 0 Å². The molecule has 54 valence electrons. The number of halogens is 1. The summed E-state index contributed by atoms with van der Waals surface area (Å²) >= 11 is 1.97. The van der Waals surface area contributed by atoms with E-state index < -0.39 is 0 Å². The second-order valence-corrected chi connectivity index (χ2v) is 3.13. The Balaban J connectivity index is 2.18. The van der Waals surface area contributed by atoms with Gasteiger partial charge in [0, 0.05) is 6.04 Å². The molecule has 0 saturated heterocycles. The topological polar surface area (TPSA) is 35.2 Å². The molecule has 1 aliphatic carbocycles. The van der Waals surface area contributed by atoms with E-state index in [2.05, 4.69) is 0 Å². The van der Waals surface area contributed by atoms with E-state index in [1.54, 1.807) is 0 Å². The minimum atomic E-state index is 0.438. The first-order valence-electron chi connectivity index (χ1n) is 3.36. The maximum Gasteiger partial charge on any atom is 0.110 e. The molecule has 0 atom stereocenters. The zero-order chi connectivity index (χ0) is 6.69. The molecule has 3 heteroatoms. The van der Waals surface area contributed by atoms with Crippen molar-refractivity contribution in [1.29, 1.82) is 0 Å². The van der Waals surface area contributed by atoms with E-state index in [0.717, 1.165) is 25.7 Å². The second kappa shape index (κ2) is 3.73. The first kappa shape index (κ1) is 7.75. The van der Waals surface area contributed by atoms with Gasteiger partial charge in [0.2, 0.25) is 0 Å². The van der Waals surface area contributed by atoms with Crippen LogP contribution in [0.1, 0.15) is 25.7 Å². The van der Waals surface area contributed by atoms with E-state index in [4.69, 9.17) is 8.80 Å². The zero-order valence-electron chi connectivity index (χ0n) is 5.35. The van der Waals surface area contributed by atoms with Crippen molar-refractivity contribution in [2.75, 3.05) is 0 Å². The van der Waals surface area contributed by atoms with Gasteiger partial charge >= 0.3 is 0 Å². The molecule has 0 radical (unpaired) electrons. The lowest BCUT2D eigenvalue weighted by molar-refractivity contribution is 0.203. The van der Waals surface area contributed by atoms with Crippen molar-refractivity contribution in [2.24, 2.45) is 5.73 Å². The number of nitrogens with two attached hydrogens (primary N) is 1. The molecule has 2 N–H and O–H groups in total. The van der Waals surface area contributed by atoms with E-state index >= 15 is 0 Å². The van der Waals surface area contributed by atoms with Crippen LogP contribution in [0.5, 0.6) is 0 Å². The van der Waals surface area contributed by atoms with E-state index in [9.17, 15) is 0 Å². The van der Waals surface area contributed by atoms with Crippen LogP contribution in [0.2, 0.25) is 0 Å². The fraction of sp³-hybridized carbons (Fsp3) is 1.00. The van der Waals surface area contributed by atoms with Crippen molar-refractivity contribution in [1.82, 2.24) is 0 Å². The highest BCUT2D eigenvalue weighted by atomic mass is 127. The molecule has 0 unspecified atom stereocenters. The lowest BCUT2D eigenvalue weighted by Crippen LogP contribution is -2.28. The van der Waals surface area contributed by atoms with Crippen molar-refractivity contribution < 1.29 is 3.07 Å². The van der Waals surface area contributed by atoms with Crippen molar-refractivity contribution in [3.05, 3.63) is 0 Å². The van der Waals surface area contributed by atoms with Gasteiger partial charge in [0.25, 0.3) is 0 Å². The molecule has 0 spiro atoms. The minimum Gasteiger partial charge on any atom is -0.328 e. The third-order valence-corrected chi connectivity index (χ3v) is 2.56. The molecule has 0 amide bonds. The van der Waals surface area contributed by atoms with Gasteiger partial charge in [-0.05, 0) is 25.7 Å². The molecule has 0 aromatic heterocycles. The molecule has 9 heavy (non-hydrogen) atoms. The average Bonchev–Trinajstić information content (AvgIpc) is 1.90. The molecule has 0 aliphatic heterocycles. The predicted octanol–water partition coefficient (Wildman–Crippen LogP) is 1.62. The summed E-state index contributed by atoms with van der Waals surface area (Å²) in [5, 5.41) is 0. The Hall–Kier alpha value is 0.650. The third kappa shape index (κ3) is 2.39. The van der Waals surface area contributed by atoms with E-state index in [1.807, 2.05) is 23.0 Å². The molecule has 0 bridgehead atoms. The Labute approximate surface area is 69.8 Å². The second-order valence-electron chi connectivity index (χ2n) is 2.63. The average molecular weight is 241 g/mol. The summed E-state index contributed by atoms with van der Waals surface area (Å²) in [6.45, 7) is 0. The fourth-order valence-corrected chi connectivity index (χ4v) is 1.69. The molecule has 2 nitrogen and oxygen atoms in total. The molecule has 1 rings (SSSR count). The van der Waals surface area contributed by atoms with Crippen molar-refractivity contribution in [3.63, 3.8) is 0 Å². The van der Waals surface area contributed by atoms with Gasteiger partial charge in [0.1, 0.15) is 23.0 Å². The quantitative estimate of drug-likeness (QED) is 0.708. The zero-order valence-corrected chi connectivity index (χ0v) is 7.50. The number of hydrogen-bond acceptors (Lipinski definition) is 2. The highest BCUT2D eigenvalue weighted by molar-refractivity contribution is 14.1. The van der Waals surface area contributed by atoms with Gasteiger partial charge in [0.05, 0.1) is 6.10 Å². The van der Waals surface area contributed by atoms with Crippen LogP contribution in [0.15, 0.2) is 0 Å². The van der Waals surface area contributed by atoms with Crippen molar-refractivity contribution in [2.45, 2.75) is 37.8 Å². The fourth-order valence-electron chi connectivity index (χ4n) is 1.18. The van der Waals surface area contributed by atoms with Gasteiger partial charge in [0.15, 0.2) is 0 Å². The molecule has 1 saturated carbocycles. The summed E-state index contributed by atoms with van der Waals surface area (Å²) in [5.74, 6) is 0. The third-order valence-electron chi connectivity index (χ3n) is 1.84. The monoisotopic (exact) mass is 241 g/mol. The summed E-state index contributed by atoms with van der Waals surface area (Å²) in [7, 11) is 0. The normalized spacial score (nSPS) is 36.7. The molecule has 1 fully saturated rings. The highest BCUT2D eigenvalue weighted by Crippen LogP contribution is 2.21. The summed E-state index contributed by atoms with van der Waals surface area (Å²) in [4.78, 5) is 0. The SMILES string of the molecule is NC1CCC(OI)CC1. The van der Waals surface area contributed by atoms with Crippen LogP contribution < -0.4 is 5.73 Å². The van der Waals surface area contributed by atoms with Crippen molar-refractivity contribution >= 4 is 23.0 Å². The predicted molar refractivity (Wildman–Crippen MR) is 45.3 cm³/mol. The van der Waals surface area contributed by atoms with Crippen LogP contribution in [0, 0.1) is 0 Å². The Morgan fingerprint density at radius 1 is 1.22 bits per heavy atom. The van der Waals surface area contributed by atoms with Crippen molar-refractivity contribution in [3.8, 4) is 0 Å². The molecule has 0 aromatic carbocycles. The summed E-state index contributed by atoms with van der Waals surface area (Å²) in [6.07, 6.45) is 5.03. The maximum atomic E-state index is 5.69. The largest absolute Gasteiger partial charge is 0.328 e. The molecular weight excluding hydrogens is 229 g/mol. The molecule has 1 aliphatic rings. The van der Waals surface area contributed by atoms with Crippen LogP contribution in [0.4, 0.5) is 0 Å². The summed E-state index contributed by atoms with van der Waals surface area (Å²) < 4.78 is 5.15. The Kier molecular flexibility index (Phi) is 3.21. The number of hydrogen-bond donors (Lipinski definition) is 1.